The molecule has 1 aliphatic rings. The predicted octanol–water partition coefficient (Wildman–Crippen LogP) is 3.03. The number of rotatable bonds is 4. The molecule has 5 heteroatoms. The zero-order valence-electron chi connectivity index (χ0n) is 10.9. The maximum absolute atomic E-state index is 12.1. The summed E-state index contributed by atoms with van der Waals surface area (Å²) in [6.45, 7) is 1.49. The van der Waals surface area contributed by atoms with Crippen LogP contribution in [0.5, 0.6) is 0 Å². The second-order valence-corrected chi connectivity index (χ2v) is 5.94. The molecular weight excluding hydrogens is 290 g/mol. The van der Waals surface area contributed by atoms with Gasteiger partial charge in [0, 0.05) is 0 Å². The van der Waals surface area contributed by atoms with Crippen LogP contribution in [0.4, 0.5) is 0 Å². The lowest BCUT2D eigenvalue weighted by Crippen LogP contribution is -2.32. The molecule has 1 aliphatic heterocycles. The number of thiocarbonyl (C=S) groups is 1. The number of amides is 1. The SMILES string of the molecule is CC(=O)CN1C(=O)C(=CC=Cc2ccccc2)SC1=S. The largest absolute Gasteiger partial charge is 0.298 e. The van der Waals surface area contributed by atoms with Crippen LogP contribution < -0.4 is 0 Å². The van der Waals surface area contributed by atoms with Crippen LogP contribution in [-0.4, -0.2) is 27.5 Å². The van der Waals surface area contributed by atoms with E-state index >= 15 is 0 Å². The minimum absolute atomic E-state index is 0.0460. The minimum Gasteiger partial charge on any atom is -0.298 e. The summed E-state index contributed by atoms with van der Waals surface area (Å²) in [4.78, 5) is 25.0. The first kappa shape index (κ1) is 14.7. The summed E-state index contributed by atoms with van der Waals surface area (Å²) in [5.41, 5.74) is 1.06. The third kappa shape index (κ3) is 3.65. The Bertz CT molecular complexity index is 606. The number of carbonyl (C=O) groups is 2. The van der Waals surface area contributed by atoms with E-state index < -0.39 is 0 Å². The van der Waals surface area contributed by atoms with E-state index in [1.165, 1.54) is 23.6 Å². The van der Waals surface area contributed by atoms with Gasteiger partial charge in [-0.2, -0.15) is 0 Å². The number of thioether (sulfide) groups is 1. The van der Waals surface area contributed by atoms with Gasteiger partial charge in [-0.25, -0.2) is 0 Å². The number of benzene rings is 1. The molecule has 0 saturated carbocycles. The highest BCUT2D eigenvalue weighted by Crippen LogP contribution is 2.30. The highest BCUT2D eigenvalue weighted by molar-refractivity contribution is 8.26. The van der Waals surface area contributed by atoms with Crippen molar-refractivity contribution in [1.29, 1.82) is 0 Å². The zero-order chi connectivity index (χ0) is 14.5. The number of carbonyl (C=O) groups excluding carboxylic acids is 2. The number of hydrogen-bond acceptors (Lipinski definition) is 4. The van der Waals surface area contributed by atoms with Crippen LogP contribution in [0.1, 0.15) is 12.5 Å². The van der Waals surface area contributed by atoms with Crippen LogP contribution in [-0.2, 0) is 9.59 Å². The van der Waals surface area contributed by atoms with E-state index in [1.54, 1.807) is 6.08 Å². The number of Topliss-reactive ketones (excluding diaryl/α,β-unsaturated/α-hetero) is 1. The zero-order valence-corrected chi connectivity index (χ0v) is 12.5. The molecule has 1 heterocycles. The summed E-state index contributed by atoms with van der Waals surface area (Å²) >= 11 is 6.33. The van der Waals surface area contributed by atoms with Gasteiger partial charge < -0.3 is 0 Å². The molecule has 0 unspecified atom stereocenters. The molecule has 1 amide bonds. The molecule has 1 aromatic rings. The Morgan fingerprint density at radius 3 is 2.70 bits per heavy atom. The Kier molecular flexibility index (Phi) is 4.87. The fourth-order valence-corrected chi connectivity index (χ4v) is 2.89. The molecule has 0 radical (unpaired) electrons. The number of ketones is 1. The summed E-state index contributed by atoms with van der Waals surface area (Å²) in [7, 11) is 0. The van der Waals surface area contributed by atoms with Gasteiger partial charge in [-0.1, -0.05) is 66.5 Å². The topological polar surface area (TPSA) is 37.4 Å². The highest BCUT2D eigenvalue weighted by atomic mass is 32.2. The first-order chi connectivity index (χ1) is 9.58. The molecule has 0 aromatic heterocycles. The maximum atomic E-state index is 12.1. The quantitative estimate of drug-likeness (QED) is 0.633. The van der Waals surface area contributed by atoms with Gasteiger partial charge in [-0.3, -0.25) is 14.5 Å². The predicted molar refractivity (Wildman–Crippen MR) is 86.1 cm³/mol. The molecule has 1 aromatic carbocycles. The Morgan fingerprint density at radius 2 is 2.05 bits per heavy atom. The van der Waals surface area contributed by atoms with Crippen LogP contribution in [0.25, 0.3) is 6.08 Å². The standard InChI is InChI=1S/C15H13NO2S2/c1-11(17)10-16-14(18)13(20-15(16)19)9-5-8-12-6-3-2-4-7-12/h2-9H,10H2,1H3. The lowest BCUT2D eigenvalue weighted by atomic mass is 10.2. The monoisotopic (exact) mass is 303 g/mol. The molecule has 1 fully saturated rings. The molecule has 0 N–H and O–H groups in total. The smallest absolute Gasteiger partial charge is 0.266 e. The lowest BCUT2D eigenvalue weighted by Gasteiger charge is -2.11. The summed E-state index contributed by atoms with van der Waals surface area (Å²) < 4.78 is 0.435. The van der Waals surface area contributed by atoms with Crippen LogP contribution in [0.3, 0.4) is 0 Å². The maximum Gasteiger partial charge on any atom is 0.266 e. The van der Waals surface area contributed by atoms with Gasteiger partial charge in [0.1, 0.15) is 10.1 Å². The van der Waals surface area contributed by atoms with Gasteiger partial charge in [0.25, 0.3) is 5.91 Å². The van der Waals surface area contributed by atoms with E-state index in [9.17, 15) is 9.59 Å². The van der Waals surface area contributed by atoms with E-state index in [1.807, 2.05) is 42.5 Å². The van der Waals surface area contributed by atoms with E-state index in [-0.39, 0.29) is 18.2 Å². The van der Waals surface area contributed by atoms with Crippen LogP contribution >= 0.6 is 24.0 Å². The summed E-state index contributed by atoms with van der Waals surface area (Å²) in [6.07, 6.45) is 5.46. The van der Waals surface area contributed by atoms with Crippen LogP contribution in [0.15, 0.2) is 47.4 Å². The van der Waals surface area contributed by atoms with E-state index in [2.05, 4.69) is 0 Å². The fourth-order valence-electron chi connectivity index (χ4n) is 1.68. The average molecular weight is 303 g/mol. The summed E-state index contributed by atoms with van der Waals surface area (Å²) in [5.74, 6) is -0.282. The molecule has 1 saturated heterocycles. The van der Waals surface area contributed by atoms with E-state index in [4.69, 9.17) is 12.2 Å². The van der Waals surface area contributed by atoms with Crippen molar-refractivity contribution in [1.82, 2.24) is 4.90 Å². The Labute approximate surface area is 127 Å². The minimum atomic E-state index is -0.201. The van der Waals surface area contributed by atoms with Crippen LogP contribution in [0, 0.1) is 0 Å². The first-order valence-corrected chi connectivity index (χ1v) is 7.27. The third-order valence-corrected chi connectivity index (χ3v) is 3.99. The number of hydrogen-bond donors (Lipinski definition) is 0. The highest BCUT2D eigenvalue weighted by Gasteiger charge is 2.32. The van der Waals surface area contributed by atoms with Crippen molar-refractivity contribution in [2.45, 2.75) is 6.92 Å². The van der Waals surface area contributed by atoms with Crippen LogP contribution in [0.2, 0.25) is 0 Å². The van der Waals surface area contributed by atoms with Crippen molar-refractivity contribution in [3.05, 3.63) is 53.0 Å². The Morgan fingerprint density at radius 1 is 1.35 bits per heavy atom. The third-order valence-electron chi connectivity index (χ3n) is 2.59. The summed E-state index contributed by atoms with van der Waals surface area (Å²) in [6, 6.07) is 9.80. The average Bonchev–Trinajstić information content (AvgIpc) is 2.67. The van der Waals surface area contributed by atoms with E-state index in [0.29, 0.717) is 9.23 Å². The lowest BCUT2D eigenvalue weighted by molar-refractivity contribution is -0.126. The second kappa shape index (κ2) is 6.63. The molecule has 102 valence electrons. The van der Waals surface area contributed by atoms with Gasteiger partial charge >= 0.3 is 0 Å². The molecule has 0 spiro atoms. The normalized spacial score (nSPS) is 17.4. The Balaban J connectivity index is 2.08. The molecule has 20 heavy (non-hydrogen) atoms. The number of nitrogens with zero attached hydrogens (tertiary/aromatic N) is 1. The number of allylic oxidation sites excluding steroid dienone is 2. The molecular formula is C15H13NO2S2. The molecule has 3 nitrogen and oxygen atoms in total. The molecule has 0 bridgehead atoms. The van der Waals surface area contributed by atoms with Crippen molar-refractivity contribution in [2.24, 2.45) is 0 Å². The van der Waals surface area contributed by atoms with Crippen molar-refractivity contribution in [3.8, 4) is 0 Å². The molecule has 0 atom stereocenters. The van der Waals surface area contributed by atoms with Crippen molar-refractivity contribution in [2.75, 3.05) is 6.54 Å². The second-order valence-electron chi connectivity index (χ2n) is 4.26. The van der Waals surface area contributed by atoms with Gasteiger partial charge in [0.15, 0.2) is 0 Å². The van der Waals surface area contributed by atoms with E-state index in [0.717, 1.165) is 5.56 Å². The fraction of sp³-hybridized carbons (Fsp3) is 0.133. The Hall–Kier alpha value is -1.72. The van der Waals surface area contributed by atoms with Gasteiger partial charge in [-0.15, -0.1) is 0 Å². The molecule has 0 aliphatic carbocycles. The van der Waals surface area contributed by atoms with Gasteiger partial charge in [0.2, 0.25) is 0 Å². The first-order valence-electron chi connectivity index (χ1n) is 6.04. The van der Waals surface area contributed by atoms with Crippen molar-refractivity contribution < 1.29 is 9.59 Å². The van der Waals surface area contributed by atoms with Gasteiger partial charge in [-0.05, 0) is 18.6 Å². The molecule has 2 rings (SSSR count). The van der Waals surface area contributed by atoms with Gasteiger partial charge in [0.05, 0.1) is 11.4 Å². The van der Waals surface area contributed by atoms with Crippen molar-refractivity contribution >= 4 is 46.1 Å². The van der Waals surface area contributed by atoms with Crippen molar-refractivity contribution in [3.63, 3.8) is 0 Å². The summed E-state index contributed by atoms with van der Waals surface area (Å²) in [5, 5.41) is 0.